The molecule has 1 aromatic rings. The number of nitrogens with one attached hydrogen (secondary N) is 2. The molecule has 5 heteroatoms. The van der Waals surface area contributed by atoms with Gasteiger partial charge in [0.15, 0.2) is 0 Å². The minimum absolute atomic E-state index is 0.469. The summed E-state index contributed by atoms with van der Waals surface area (Å²) in [6, 6.07) is 2.36. The highest BCUT2D eigenvalue weighted by atomic mass is 15.2. The minimum Gasteiger partial charge on any atom is -0.368 e. The van der Waals surface area contributed by atoms with Crippen LogP contribution >= 0.6 is 0 Å². The zero-order chi connectivity index (χ0) is 12.7. The first-order valence-corrected chi connectivity index (χ1v) is 6.10. The van der Waals surface area contributed by atoms with E-state index in [4.69, 9.17) is 0 Å². The van der Waals surface area contributed by atoms with Gasteiger partial charge >= 0.3 is 0 Å². The molecule has 0 saturated carbocycles. The number of rotatable bonds is 7. The smallest absolute Gasteiger partial charge is 0.224 e. The van der Waals surface area contributed by atoms with Crippen molar-refractivity contribution in [1.82, 2.24) is 14.9 Å². The van der Waals surface area contributed by atoms with E-state index in [0.29, 0.717) is 12.0 Å². The molecule has 0 aliphatic carbocycles. The molecule has 0 amide bonds. The Balaban J connectivity index is 2.48. The maximum atomic E-state index is 4.39. The van der Waals surface area contributed by atoms with Crippen LogP contribution in [-0.4, -0.2) is 48.1 Å². The van der Waals surface area contributed by atoms with E-state index in [1.54, 1.807) is 6.20 Å². The summed E-state index contributed by atoms with van der Waals surface area (Å²) in [5.41, 5.74) is 0. The predicted molar refractivity (Wildman–Crippen MR) is 72.5 cm³/mol. The van der Waals surface area contributed by atoms with Crippen LogP contribution in [0, 0.1) is 0 Å². The largest absolute Gasteiger partial charge is 0.368 e. The molecule has 0 aliphatic heterocycles. The Morgan fingerprint density at radius 3 is 2.76 bits per heavy atom. The molecular formula is C12H23N5. The molecule has 1 rings (SSSR count). The van der Waals surface area contributed by atoms with E-state index in [1.807, 2.05) is 6.07 Å². The maximum absolute atomic E-state index is 4.39. The highest BCUT2D eigenvalue weighted by molar-refractivity contribution is 5.39. The summed E-state index contributed by atoms with van der Waals surface area (Å²) in [7, 11) is 4.14. The number of hydrogen-bond acceptors (Lipinski definition) is 5. The Morgan fingerprint density at radius 1 is 1.35 bits per heavy atom. The van der Waals surface area contributed by atoms with Gasteiger partial charge in [-0.2, -0.15) is 4.98 Å². The monoisotopic (exact) mass is 237 g/mol. The Hall–Kier alpha value is -1.36. The fourth-order valence-corrected chi connectivity index (χ4v) is 1.21. The third-order valence-electron chi connectivity index (χ3n) is 2.65. The zero-order valence-corrected chi connectivity index (χ0v) is 11.2. The average Bonchev–Trinajstić information content (AvgIpc) is 2.33. The van der Waals surface area contributed by atoms with Gasteiger partial charge in [0.25, 0.3) is 0 Å². The molecule has 2 N–H and O–H groups in total. The van der Waals surface area contributed by atoms with E-state index in [9.17, 15) is 0 Å². The molecule has 0 spiro atoms. The summed E-state index contributed by atoms with van der Waals surface area (Å²) in [4.78, 5) is 10.7. The summed E-state index contributed by atoms with van der Waals surface area (Å²) in [5, 5.41) is 6.48. The standard InChI is InChI=1S/C12H23N5/c1-5-7-13-12-14-8-6-11(16-12)15-9-10(2)17(3)4/h6,8,10H,5,7,9H2,1-4H3,(H2,13,14,15,16). The van der Waals surface area contributed by atoms with Crippen molar-refractivity contribution in [2.24, 2.45) is 0 Å². The second-order valence-electron chi connectivity index (χ2n) is 4.39. The molecule has 96 valence electrons. The lowest BCUT2D eigenvalue weighted by Gasteiger charge is -2.20. The van der Waals surface area contributed by atoms with Gasteiger partial charge in [0.1, 0.15) is 5.82 Å². The van der Waals surface area contributed by atoms with Crippen LogP contribution in [0.2, 0.25) is 0 Å². The molecular weight excluding hydrogens is 214 g/mol. The van der Waals surface area contributed by atoms with Gasteiger partial charge in [-0.15, -0.1) is 0 Å². The molecule has 5 nitrogen and oxygen atoms in total. The lowest BCUT2D eigenvalue weighted by Crippen LogP contribution is -2.31. The van der Waals surface area contributed by atoms with E-state index >= 15 is 0 Å². The van der Waals surface area contributed by atoms with E-state index in [2.05, 4.69) is 53.4 Å². The van der Waals surface area contributed by atoms with Crippen LogP contribution in [0.3, 0.4) is 0 Å². The molecule has 0 aromatic carbocycles. The van der Waals surface area contributed by atoms with E-state index in [1.165, 1.54) is 0 Å². The highest BCUT2D eigenvalue weighted by Crippen LogP contribution is 2.06. The topological polar surface area (TPSA) is 53.1 Å². The van der Waals surface area contributed by atoms with Crippen molar-refractivity contribution in [3.8, 4) is 0 Å². The maximum Gasteiger partial charge on any atom is 0.224 e. The predicted octanol–water partition coefficient (Wildman–Crippen LogP) is 1.66. The lowest BCUT2D eigenvalue weighted by atomic mass is 10.3. The van der Waals surface area contributed by atoms with E-state index in [-0.39, 0.29) is 0 Å². The molecule has 0 aliphatic rings. The van der Waals surface area contributed by atoms with Crippen LogP contribution in [0.5, 0.6) is 0 Å². The number of aromatic nitrogens is 2. The molecule has 0 radical (unpaired) electrons. The van der Waals surface area contributed by atoms with E-state index < -0.39 is 0 Å². The molecule has 1 unspecified atom stereocenters. The first-order chi connectivity index (χ1) is 8.13. The lowest BCUT2D eigenvalue weighted by molar-refractivity contribution is 0.326. The van der Waals surface area contributed by atoms with E-state index in [0.717, 1.165) is 25.3 Å². The number of hydrogen-bond donors (Lipinski definition) is 2. The first-order valence-electron chi connectivity index (χ1n) is 6.10. The Morgan fingerprint density at radius 2 is 2.12 bits per heavy atom. The SMILES string of the molecule is CCCNc1nccc(NCC(C)N(C)C)n1. The fraction of sp³-hybridized carbons (Fsp3) is 0.667. The molecule has 0 bridgehead atoms. The minimum atomic E-state index is 0.469. The Bertz CT molecular complexity index is 326. The van der Waals surface area contributed by atoms with Crippen molar-refractivity contribution in [1.29, 1.82) is 0 Å². The first kappa shape index (κ1) is 13.7. The summed E-state index contributed by atoms with van der Waals surface area (Å²) < 4.78 is 0. The van der Waals surface area contributed by atoms with Crippen molar-refractivity contribution >= 4 is 11.8 Å². The zero-order valence-electron chi connectivity index (χ0n) is 11.2. The number of nitrogens with zero attached hydrogens (tertiary/aromatic N) is 3. The third kappa shape index (κ3) is 4.99. The van der Waals surface area contributed by atoms with Crippen LogP contribution < -0.4 is 10.6 Å². The van der Waals surface area contributed by atoms with Gasteiger partial charge in [0.2, 0.25) is 5.95 Å². The molecule has 17 heavy (non-hydrogen) atoms. The van der Waals surface area contributed by atoms with Crippen LogP contribution in [-0.2, 0) is 0 Å². The van der Waals surface area contributed by atoms with Gasteiger partial charge in [-0.1, -0.05) is 6.92 Å². The summed E-state index contributed by atoms with van der Waals surface area (Å²) in [5.74, 6) is 1.56. The normalized spacial score (nSPS) is 12.5. The molecule has 1 aromatic heterocycles. The molecule has 1 heterocycles. The second kappa shape index (κ2) is 7.06. The van der Waals surface area contributed by atoms with Gasteiger partial charge in [-0.25, -0.2) is 4.98 Å². The van der Waals surface area contributed by atoms with Crippen molar-refractivity contribution in [2.75, 3.05) is 37.8 Å². The number of anilines is 2. The van der Waals surface area contributed by atoms with Crippen LogP contribution in [0.15, 0.2) is 12.3 Å². The van der Waals surface area contributed by atoms with Crippen molar-refractivity contribution in [2.45, 2.75) is 26.3 Å². The van der Waals surface area contributed by atoms with Crippen LogP contribution in [0.1, 0.15) is 20.3 Å². The quantitative estimate of drug-likeness (QED) is 0.755. The van der Waals surface area contributed by atoms with Gasteiger partial charge in [-0.3, -0.25) is 0 Å². The second-order valence-corrected chi connectivity index (χ2v) is 4.39. The van der Waals surface area contributed by atoms with Crippen molar-refractivity contribution in [3.63, 3.8) is 0 Å². The van der Waals surface area contributed by atoms with Crippen LogP contribution in [0.25, 0.3) is 0 Å². The average molecular weight is 237 g/mol. The Labute approximate surface area is 104 Å². The van der Waals surface area contributed by atoms with Crippen molar-refractivity contribution in [3.05, 3.63) is 12.3 Å². The molecule has 0 fully saturated rings. The van der Waals surface area contributed by atoms with Crippen molar-refractivity contribution < 1.29 is 0 Å². The molecule has 0 saturated heterocycles. The van der Waals surface area contributed by atoms with Gasteiger partial charge < -0.3 is 15.5 Å². The van der Waals surface area contributed by atoms with Gasteiger partial charge in [0.05, 0.1) is 0 Å². The summed E-state index contributed by atoms with van der Waals surface area (Å²) >= 11 is 0. The highest BCUT2D eigenvalue weighted by Gasteiger charge is 2.04. The summed E-state index contributed by atoms with van der Waals surface area (Å²) in [6.07, 6.45) is 2.84. The summed E-state index contributed by atoms with van der Waals surface area (Å²) in [6.45, 7) is 6.06. The van der Waals surface area contributed by atoms with Gasteiger partial charge in [-0.05, 0) is 33.5 Å². The molecule has 1 atom stereocenters. The number of likely N-dealkylation sites (N-methyl/N-ethyl adjacent to an activating group) is 1. The van der Waals surface area contributed by atoms with Crippen LogP contribution in [0.4, 0.5) is 11.8 Å². The third-order valence-corrected chi connectivity index (χ3v) is 2.65. The Kier molecular flexibility index (Phi) is 5.69. The fourth-order valence-electron chi connectivity index (χ4n) is 1.21. The van der Waals surface area contributed by atoms with Gasteiger partial charge in [0, 0.05) is 25.3 Å².